The van der Waals surface area contributed by atoms with Crippen LogP contribution in [0.3, 0.4) is 0 Å². The minimum absolute atomic E-state index is 0.00250. The molecule has 0 aliphatic carbocycles. The van der Waals surface area contributed by atoms with Crippen molar-refractivity contribution in [3.63, 3.8) is 0 Å². The standard InChI is InChI=1S/C14H18IN3O3S/c1-6(2)17(5)12(19)8(4)18-13(20)9-7(3)10(15)22-11(9)16-14(18)21/h6,8H,1-5H3,(H,16,21). The average Bonchev–Trinajstić information content (AvgIpc) is 2.71. The number of carbonyl (C=O) groups is 1. The van der Waals surface area contributed by atoms with Crippen molar-refractivity contribution in [2.45, 2.75) is 39.8 Å². The molecule has 0 aliphatic rings. The number of nitrogens with zero attached hydrogens (tertiary/aromatic N) is 2. The van der Waals surface area contributed by atoms with Gasteiger partial charge in [0.05, 0.1) is 8.27 Å². The third-order valence-electron chi connectivity index (χ3n) is 3.83. The lowest BCUT2D eigenvalue weighted by Crippen LogP contribution is -2.45. The Bertz CT molecular complexity index is 849. The number of likely N-dealkylation sites (N-methyl/N-ethyl adjacent to an activating group) is 1. The minimum atomic E-state index is -0.843. The van der Waals surface area contributed by atoms with Crippen LogP contribution in [0.4, 0.5) is 0 Å². The summed E-state index contributed by atoms with van der Waals surface area (Å²) in [6, 6.07) is -0.845. The number of aromatic nitrogens is 2. The Morgan fingerprint density at radius 2 is 1.91 bits per heavy atom. The van der Waals surface area contributed by atoms with E-state index < -0.39 is 17.3 Å². The second-order valence-electron chi connectivity index (χ2n) is 5.53. The number of aromatic amines is 1. The van der Waals surface area contributed by atoms with Crippen LogP contribution in [0, 0.1) is 9.81 Å². The first-order valence-electron chi connectivity index (χ1n) is 6.86. The van der Waals surface area contributed by atoms with Gasteiger partial charge in [-0.2, -0.15) is 0 Å². The molecule has 0 aliphatic heterocycles. The first-order valence-corrected chi connectivity index (χ1v) is 8.76. The molecular weight excluding hydrogens is 417 g/mol. The Morgan fingerprint density at radius 3 is 2.45 bits per heavy atom. The zero-order valence-electron chi connectivity index (χ0n) is 13.1. The third-order valence-corrected chi connectivity index (χ3v) is 6.29. The first-order chi connectivity index (χ1) is 10.2. The van der Waals surface area contributed by atoms with Crippen molar-refractivity contribution in [2.75, 3.05) is 7.05 Å². The Balaban J connectivity index is 2.66. The molecule has 2 heterocycles. The molecule has 2 aromatic rings. The Hall–Kier alpha value is -1.16. The van der Waals surface area contributed by atoms with Gasteiger partial charge < -0.3 is 4.90 Å². The van der Waals surface area contributed by atoms with E-state index in [9.17, 15) is 14.4 Å². The molecule has 22 heavy (non-hydrogen) atoms. The SMILES string of the molecule is Cc1c(I)sc2[nH]c(=O)n(C(C)C(=O)N(C)C(C)C)c(=O)c12. The zero-order valence-corrected chi connectivity index (χ0v) is 16.0. The molecule has 2 rings (SSSR count). The van der Waals surface area contributed by atoms with Crippen molar-refractivity contribution in [1.82, 2.24) is 14.5 Å². The van der Waals surface area contributed by atoms with Gasteiger partial charge in [0.25, 0.3) is 5.56 Å². The Morgan fingerprint density at radius 1 is 1.32 bits per heavy atom. The van der Waals surface area contributed by atoms with Crippen LogP contribution in [0.1, 0.15) is 32.4 Å². The predicted molar refractivity (Wildman–Crippen MR) is 96.8 cm³/mol. The van der Waals surface area contributed by atoms with Gasteiger partial charge in [-0.25, -0.2) is 9.36 Å². The molecule has 8 heteroatoms. The Kier molecular flexibility index (Phi) is 4.81. The van der Waals surface area contributed by atoms with E-state index in [1.807, 2.05) is 20.8 Å². The number of carbonyl (C=O) groups excluding carboxylic acids is 1. The molecule has 1 N–H and O–H groups in total. The molecule has 0 radical (unpaired) electrons. The second kappa shape index (κ2) is 6.15. The maximum absolute atomic E-state index is 12.7. The van der Waals surface area contributed by atoms with Crippen molar-refractivity contribution < 1.29 is 4.79 Å². The van der Waals surface area contributed by atoms with Crippen molar-refractivity contribution >= 4 is 50.1 Å². The number of thiophene rings is 1. The number of aryl methyl sites for hydroxylation is 1. The summed E-state index contributed by atoms with van der Waals surface area (Å²) in [4.78, 5) is 42.2. The molecule has 1 unspecified atom stereocenters. The summed E-state index contributed by atoms with van der Waals surface area (Å²) >= 11 is 3.51. The maximum atomic E-state index is 12.7. The fourth-order valence-electron chi connectivity index (χ4n) is 2.21. The van der Waals surface area contributed by atoms with E-state index in [1.165, 1.54) is 16.2 Å². The zero-order chi connectivity index (χ0) is 16.8. The molecule has 0 bridgehead atoms. The van der Waals surface area contributed by atoms with E-state index in [2.05, 4.69) is 27.6 Å². The van der Waals surface area contributed by atoms with Gasteiger partial charge in [0, 0.05) is 13.1 Å². The fourth-order valence-corrected chi connectivity index (χ4v) is 4.06. The number of amides is 1. The molecular formula is C14H18IN3O3S. The summed E-state index contributed by atoms with van der Waals surface area (Å²) < 4.78 is 1.97. The number of hydrogen-bond donors (Lipinski definition) is 1. The number of rotatable bonds is 3. The van der Waals surface area contributed by atoms with Crippen LogP contribution in [0.5, 0.6) is 0 Å². The lowest BCUT2D eigenvalue weighted by atomic mass is 10.2. The largest absolute Gasteiger partial charge is 0.342 e. The monoisotopic (exact) mass is 435 g/mol. The van der Waals surface area contributed by atoms with Crippen LogP contribution in [-0.4, -0.2) is 33.4 Å². The van der Waals surface area contributed by atoms with Crippen LogP contribution in [-0.2, 0) is 4.79 Å². The van der Waals surface area contributed by atoms with E-state index in [4.69, 9.17) is 0 Å². The van der Waals surface area contributed by atoms with Gasteiger partial charge in [0.2, 0.25) is 5.91 Å². The normalized spacial score (nSPS) is 12.9. The van der Waals surface area contributed by atoms with Gasteiger partial charge >= 0.3 is 5.69 Å². The molecule has 0 saturated carbocycles. The van der Waals surface area contributed by atoms with Crippen LogP contribution in [0.15, 0.2) is 9.59 Å². The number of H-pyrrole nitrogens is 1. The second-order valence-corrected chi connectivity index (χ2v) is 8.36. The molecule has 0 aromatic carbocycles. The van der Waals surface area contributed by atoms with Gasteiger partial charge in [-0.3, -0.25) is 14.6 Å². The highest BCUT2D eigenvalue weighted by Gasteiger charge is 2.25. The molecule has 0 fully saturated rings. The number of halogens is 1. The van der Waals surface area contributed by atoms with Crippen LogP contribution < -0.4 is 11.2 Å². The summed E-state index contributed by atoms with van der Waals surface area (Å²) in [5.74, 6) is -0.260. The van der Waals surface area contributed by atoms with Gasteiger partial charge in [-0.15, -0.1) is 11.3 Å². The topological polar surface area (TPSA) is 75.2 Å². The molecule has 120 valence electrons. The van der Waals surface area contributed by atoms with Crippen molar-refractivity contribution in [2.24, 2.45) is 0 Å². The summed E-state index contributed by atoms with van der Waals surface area (Å²) in [7, 11) is 1.67. The molecule has 0 saturated heterocycles. The van der Waals surface area contributed by atoms with E-state index in [0.29, 0.717) is 10.2 Å². The predicted octanol–water partition coefficient (Wildman–Crippen LogP) is 2.09. The van der Waals surface area contributed by atoms with Crippen molar-refractivity contribution in [3.8, 4) is 0 Å². The minimum Gasteiger partial charge on any atom is -0.342 e. The smallest absolute Gasteiger partial charge is 0.330 e. The summed E-state index contributed by atoms with van der Waals surface area (Å²) in [6.45, 7) is 7.19. The van der Waals surface area contributed by atoms with Gasteiger partial charge in [-0.1, -0.05) is 0 Å². The van der Waals surface area contributed by atoms with Gasteiger partial charge in [0.1, 0.15) is 10.9 Å². The fraction of sp³-hybridized carbons (Fsp3) is 0.500. The molecule has 1 amide bonds. The molecule has 1 atom stereocenters. The summed E-state index contributed by atoms with van der Waals surface area (Å²) in [6.07, 6.45) is 0. The van der Waals surface area contributed by atoms with Crippen molar-refractivity contribution in [1.29, 1.82) is 0 Å². The average molecular weight is 435 g/mol. The van der Waals surface area contributed by atoms with E-state index >= 15 is 0 Å². The maximum Gasteiger partial charge on any atom is 0.330 e. The quantitative estimate of drug-likeness (QED) is 0.751. The van der Waals surface area contributed by atoms with Gasteiger partial charge in [0.15, 0.2) is 0 Å². The molecule has 0 spiro atoms. The van der Waals surface area contributed by atoms with Crippen LogP contribution in [0.2, 0.25) is 0 Å². The lowest BCUT2D eigenvalue weighted by Gasteiger charge is -2.25. The van der Waals surface area contributed by atoms with Crippen LogP contribution in [0.25, 0.3) is 10.2 Å². The van der Waals surface area contributed by atoms with E-state index in [-0.39, 0.29) is 11.9 Å². The van der Waals surface area contributed by atoms with E-state index in [1.54, 1.807) is 14.0 Å². The van der Waals surface area contributed by atoms with Gasteiger partial charge in [-0.05, 0) is 55.8 Å². The number of nitrogens with one attached hydrogen (secondary N) is 1. The first kappa shape index (κ1) is 17.2. The third kappa shape index (κ3) is 2.73. The van der Waals surface area contributed by atoms with Crippen LogP contribution >= 0.6 is 33.9 Å². The number of fused-ring (bicyclic) bond motifs is 1. The molecule has 2 aromatic heterocycles. The summed E-state index contributed by atoms with van der Waals surface area (Å²) in [5.41, 5.74) is -0.117. The highest BCUT2D eigenvalue weighted by atomic mass is 127. The lowest BCUT2D eigenvalue weighted by molar-refractivity contribution is -0.134. The highest BCUT2D eigenvalue weighted by Crippen LogP contribution is 2.27. The molecule has 6 nitrogen and oxygen atoms in total. The Labute approximate surface area is 145 Å². The van der Waals surface area contributed by atoms with E-state index in [0.717, 1.165) is 13.0 Å². The highest BCUT2D eigenvalue weighted by molar-refractivity contribution is 14.1. The summed E-state index contributed by atoms with van der Waals surface area (Å²) in [5, 5.41) is 0.487. The van der Waals surface area contributed by atoms with Crippen molar-refractivity contribution in [3.05, 3.63) is 29.3 Å². The number of hydrogen-bond acceptors (Lipinski definition) is 4.